The number of aromatic nitrogens is 4. The average molecular weight is 1310 g/mol. The molecule has 0 atom stereocenters. The molecular weight excluding hydrogens is 1230 g/mol. The second-order valence-corrected chi connectivity index (χ2v) is 32.0. The Morgan fingerprint density at radius 3 is 1.39 bits per heavy atom. The third-order valence-corrected chi connectivity index (χ3v) is 21.0. The Morgan fingerprint density at radius 2 is 1.01 bits per heavy atom. The van der Waals surface area contributed by atoms with E-state index < -0.39 is 19.5 Å². The van der Waals surface area contributed by atoms with E-state index in [-0.39, 0.29) is 11.9 Å². The molecule has 2 aliphatic carbocycles. The van der Waals surface area contributed by atoms with Gasteiger partial charge >= 0.3 is 0 Å². The van der Waals surface area contributed by atoms with E-state index in [1.54, 1.807) is 40.9 Å². The van der Waals surface area contributed by atoms with Gasteiger partial charge < -0.3 is 70.5 Å². The fourth-order valence-corrected chi connectivity index (χ4v) is 14.6. The number of anilines is 12. The average Bonchev–Trinajstić information content (AvgIpc) is 1.06. The van der Waals surface area contributed by atoms with Gasteiger partial charge in [0.15, 0.2) is 11.6 Å². The van der Waals surface area contributed by atoms with Crippen LogP contribution in [0.3, 0.4) is 0 Å². The number of rotatable bonds is 19. The highest BCUT2D eigenvalue weighted by molar-refractivity contribution is 7.70. The van der Waals surface area contributed by atoms with Gasteiger partial charge in [0.1, 0.15) is 35.8 Å². The molecule has 2 aliphatic heterocycles. The molecular formula is C64H83Cl3N14O6P2. The second-order valence-electron chi connectivity index (χ2n) is 24.4. The Labute approximate surface area is 538 Å². The fraction of sp³-hybridized carbons (Fsp3) is 0.406. The van der Waals surface area contributed by atoms with Gasteiger partial charge in [-0.2, -0.15) is 9.97 Å². The predicted octanol–water partition coefficient (Wildman–Crippen LogP) is 13.0. The number of piperidine rings is 2. The monoisotopic (exact) mass is 1310 g/mol. The first-order valence-electron chi connectivity index (χ1n) is 29.4. The number of benzene rings is 4. The van der Waals surface area contributed by atoms with Crippen LogP contribution in [0.1, 0.15) is 51.4 Å². The first kappa shape index (κ1) is 68.0. The van der Waals surface area contributed by atoms with E-state index in [0.29, 0.717) is 101 Å². The zero-order chi connectivity index (χ0) is 64.6. The number of hydrogen-bond acceptors (Lipinski definition) is 19. The molecule has 0 unspecified atom stereocenters. The number of para-hydroxylation sites is 2. The summed E-state index contributed by atoms with van der Waals surface area (Å²) in [7, 11) is 6.83. The molecule has 476 valence electrons. The van der Waals surface area contributed by atoms with Crippen molar-refractivity contribution in [3.05, 3.63) is 121 Å². The molecule has 4 heterocycles. The molecule has 2 aromatic heterocycles. The van der Waals surface area contributed by atoms with Gasteiger partial charge in [0.2, 0.25) is 23.0 Å². The van der Waals surface area contributed by atoms with Gasteiger partial charge in [-0.25, -0.2) is 9.97 Å². The van der Waals surface area contributed by atoms with Gasteiger partial charge in [-0.05, 0) is 177 Å². The van der Waals surface area contributed by atoms with Crippen molar-refractivity contribution in [2.24, 2.45) is 10.8 Å². The van der Waals surface area contributed by atoms with E-state index in [1.807, 2.05) is 72.8 Å². The van der Waals surface area contributed by atoms with Gasteiger partial charge in [-0.1, -0.05) is 60.6 Å². The number of nitrogens with two attached hydrogens (primary N) is 1. The minimum atomic E-state index is -2.56. The molecule has 4 fully saturated rings. The Balaban J connectivity index is 0.000000215. The molecule has 7 N–H and O–H groups in total. The molecule has 2 spiro atoms. The van der Waals surface area contributed by atoms with E-state index in [9.17, 15) is 18.7 Å². The summed E-state index contributed by atoms with van der Waals surface area (Å²) in [5.74, 6) is 2.26. The third kappa shape index (κ3) is 16.9. The van der Waals surface area contributed by atoms with Crippen molar-refractivity contribution in [3.63, 3.8) is 0 Å². The maximum Gasteiger partial charge on any atom is 0.247 e. The molecule has 2 saturated heterocycles. The molecule has 6 aromatic rings. The number of halogens is 3. The molecule has 4 aliphatic rings. The van der Waals surface area contributed by atoms with Crippen LogP contribution in [0.25, 0.3) is 0 Å². The smallest absolute Gasteiger partial charge is 0.247 e. The number of amides is 1. The summed E-state index contributed by atoms with van der Waals surface area (Å²) in [4.78, 5) is 49.2. The van der Waals surface area contributed by atoms with Crippen LogP contribution in [0.4, 0.5) is 69.0 Å². The summed E-state index contributed by atoms with van der Waals surface area (Å²) in [6.07, 6.45) is 14.9. The second kappa shape index (κ2) is 28.9. The lowest BCUT2D eigenvalue weighted by Crippen LogP contribution is -2.53. The molecule has 25 heteroatoms. The number of allylic oxidation sites excluding steroid dienone is 1. The normalized spacial score (nSPS) is 16.2. The quantitative estimate of drug-likeness (QED) is 0.0191. The van der Waals surface area contributed by atoms with Crippen LogP contribution in [-0.4, -0.2) is 148 Å². The summed E-state index contributed by atoms with van der Waals surface area (Å²) in [5.41, 5.74) is 13.2. The van der Waals surface area contributed by atoms with Crippen LogP contribution in [0, 0.1) is 10.8 Å². The van der Waals surface area contributed by atoms with Gasteiger partial charge in [0, 0.05) is 61.0 Å². The van der Waals surface area contributed by atoms with E-state index in [4.69, 9.17) is 50.0 Å². The van der Waals surface area contributed by atoms with Crippen LogP contribution in [0.15, 0.2) is 111 Å². The van der Waals surface area contributed by atoms with Gasteiger partial charge in [-0.3, -0.25) is 9.59 Å². The van der Waals surface area contributed by atoms with Crippen molar-refractivity contribution < 1.29 is 28.2 Å². The van der Waals surface area contributed by atoms with Crippen molar-refractivity contribution in [2.45, 2.75) is 63.5 Å². The summed E-state index contributed by atoms with van der Waals surface area (Å²) in [6.45, 7) is 17.4. The molecule has 4 aromatic carbocycles. The highest BCUT2D eigenvalue weighted by atomic mass is 35.5. The van der Waals surface area contributed by atoms with Crippen LogP contribution < -0.4 is 62.2 Å². The maximum atomic E-state index is 12.9. The van der Waals surface area contributed by atoms with Crippen molar-refractivity contribution in [3.8, 4) is 11.5 Å². The lowest BCUT2D eigenvalue weighted by molar-refractivity contribution is -0.112. The fourth-order valence-electron chi connectivity index (χ4n) is 12.0. The van der Waals surface area contributed by atoms with Crippen molar-refractivity contribution in [1.29, 1.82) is 0 Å². The minimum Gasteiger partial charge on any atom is -0.494 e. The van der Waals surface area contributed by atoms with E-state index in [2.05, 4.69) is 107 Å². The number of carbonyl (C=O) groups is 2. The van der Waals surface area contributed by atoms with Crippen LogP contribution in [0.2, 0.25) is 10.0 Å². The number of carbonyl (C=O) groups excluding carboxylic acids is 2. The first-order chi connectivity index (χ1) is 42.2. The molecule has 10 rings (SSSR count). The van der Waals surface area contributed by atoms with Crippen molar-refractivity contribution >= 4 is 140 Å². The molecule has 89 heavy (non-hydrogen) atoms. The zero-order valence-corrected chi connectivity index (χ0v) is 56.5. The van der Waals surface area contributed by atoms with E-state index >= 15 is 0 Å². The number of hydrogen-bond donors (Lipinski definition) is 6. The molecule has 0 radical (unpaired) electrons. The third-order valence-electron chi connectivity index (χ3n) is 17.2. The summed E-state index contributed by atoms with van der Waals surface area (Å²) < 4.78 is 37.2. The SMILES string of the molecule is C=CC(=O)Cl.C=CC(=O)Nc1cc(Nc2ncc(Cl)c(Nc3ccccc3P(C)(C)=O)n2)c(OC)cc1N1CCC2(CC1)CC(N(C)C)C2.COc1cc(N2CCC3(CC2)CC(N(C)C)C3)c(N)cc1Nc1ncc(Cl)c(Nc2ccccc2P(C)(C)=O)n1. The maximum absolute atomic E-state index is 12.9. The topological polar surface area (TPSA) is 237 Å². The van der Waals surface area contributed by atoms with Crippen LogP contribution >= 0.6 is 49.1 Å². The van der Waals surface area contributed by atoms with Gasteiger partial charge in [-0.15, -0.1) is 0 Å². The van der Waals surface area contributed by atoms with Gasteiger partial charge in [0.05, 0.1) is 72.1 Å². The summed E-state index contributed by atoms with van der Waals surface area (Å²) in [5, 5.41) is 17.5. The first-order valence-corrected chi connectivity index (χ1v) is 35.7. The molecule has 1 amide bonds. The predicted molar refractivity (Wildman–Crippen MR) is 370 cm³/mol. The summed E-state index contributed by atoms with van der Waals surface area (Å²) in [6, 6.07) is 23.8. The molecule has 20 nitrogen and oxygen atoms in total. The van der Waals surface area contributed by atoms with E-state index in [1.165, 1.54) is 57.0 Å². The lowest BCUT2D eigenvalue weighted by atomic mass is 9.60. The Bertz CT molecular complexity index is 3640. The molecule has 0 bridgehead atoms. The zero-order valence-electron chi connectivity index (χ0n) is 52.4. The Morgan fingerprint density at radius 1 is 0.618 bits per heavy atom. The Kier molecular flexibility index (Phi) is 22.1. The largest absolute Gasteiger partial charge is 0.494 e. The number of methoxy groups -OCH3 is 2. The Hall–Kier alpha value is -6.89. The number of nitrogen functional groups attached to an aromatic ring is 1. The number of nitrogens with zero attached hydrogens (tertiary/aromatic N) is 8. The minimum absolute atomic E-state index is 0.262. The molecule has 2 saturated carbocycles. The van der Waals surface area contributed by atoms with Crippen LogP contribution in [-0.2, 0) is 18.7 Å². The highest BCUT2D eigenvalue weighted by Gasteiger charge is 2.48. The number of nitrogens with one attached hydrogen (secondary N) is 5. The van der Waals surface area contributed by atoms with Gasteiger partial charge in [0.25, 0.3) is 0 Å². The van der Waals surface area contributed by atoms with Crippen molar-refractivity contribution in [1.82, 2.24) is 29.7 Å². The highest BCUT2D eigenvalue weighted by Crippen LogP contribution is 2.53. The van der Waals surface area contributed by atoms with E-state index in [0.717, 1.165) is 61.8 Å². The summed E-state index contributed by atoms with van der Waals surface area (Å²) >= 11 is 17.6. The standard InChI is InChI=1S/C32H41ClN7O3P.C29H39ClN7O2P.C3H3ClO/c1-7-29(41)35-24-16-25(27(43-4)17-26(24)40-14-12-32(13-15-40)18-21(19-32)39(2)3)37-31-34-20-22(33)30(38-31)36-23-10-8-9-11-28(23)44(5,6)42;1-36(2)19-16-29(17-19)10-12-37(13-11-29)24-15-25(39-3)23(14-21(24)31)34-28-32-18-20(30)27(35-28)33-22-8-6-7-9-26(22)40(4,5)38;1-2-3(4)5/h7-11,16-17,20-21H,1,12-15,18-19H2,2-6H3,(H,35,41)(H2,34,36,37,38);6-9,14-15,18-19H,10-13,16-17,31H2,1-5H3,(H2,32,33,34,35);2H,1H2. The number of ether oxygens (including phenoxy) is 2. The van der Waals surface area contributed by atoms with Crippen molar-refractivity contribution in [2.75, 3.05) is 137 Å². The van der Waals surface area contributed by atoms with Crippen LogP contribution in [0.5, 0.6) is 11.5 Å². The lowest BCUT2D eigenvalue weighted by Gasteiger charge is -2.54.